The largest absolute Gasteiger partial charge is 0.396 e. The van der Waals surface area contributed by atoms with E-state index in [4.69, 9.17) is 5.73 Å². The maximum absolute atomic E-state index is 12.9. The van der Waals surface area contributed by atoms with Crippen LogP contribution < -0.4 is 5.73 Å². The fraction of sp³-hybridized carbons (Fsp3) is 0.500. The van der Waals surface area contributed by atoms with Crippen molar-refractivity contribution in [1.82, 2.24) is 0 Å². The third-order valence-corrected chi connectivity index (χ3v) is 5.41. The van der Waals surface area contributed by atoms with E-state index >= 15 is 0 Å². The molecule has 0 unspecified atom stereocenters. The second-order valence-electron chi connectivity index (χ2n) is 4.87. The number of nitrogens with two attached hydrogens (primary N) is 1. The molecule has 1 aromatic carbocycles. The van der Waals surface area contributed by atoms with Gasteiger partial charge in [0.2, 0.25) is 0 Å². The van der Waals surface area contributed by atoms with Crippen molar-refractivity contribution in [3.63, 3.8) is 0 Å². The Morgan fingerprint density at radius 2 is 1.94 bits per heavy atom. The molecule has 1 aliphatic rings. The van der Waals surface area contributed by atoms with E-state index in [9.17, 15) is 17.9 Å². The minimum absolute atomic E-state index is 0.0866. The van der Waals surface area contributed by atoms with Gasteiger partial charge >= 0.3 is 0 Å². The van der Waals surface area contributed by atoms with Crippen LogP contribution in [0.15, 0.2) is 24.3 Å². The average Bonchev–Trinajstić information content (AvgIpc) is 3.00. The van der Waals surface area contributed by atoms with E-state index in [1.807, 2.05) is 0 Å². The molecule has 0 amide bonds. The summed E-state index contributed by atoms with van der Waals surface area (Å²) in [5.74, 6) is -0.735. The van der Waals surface area contributed by atoms with Gasteiger partial charge in [-0.25, -0.2) is 12.8 Å². The molecule has 2 rings (SSSR count). The highest BCUT2D eigenvalue weighted by molar-refractivity contribution is 7.91. The Hall–Kier alpha value is -0.980. The van der Waals surface area contributed by atoms with Crippen LogP contribution in [0.1, 0.15) is 11.5 Å². The first-order valence-electron chi connectivity index (χ1n) is 5.62. The molecule has 1 fully saturated rings. The Morgan fingerprint density at radius 3 is 2.28 bits per heavy atom. The molecule has 0 aliphatic heterocycles. The molecule has 6 heteroatoms. The number of aliphatic hydroxyl groups excluding tert-OH is 1. The molecular formula is C12H16FNO3S. The van der Waals surface area contributed by atoms with Crippen molar-refractivity contribution in [3.8, 4) is 0 Å². The van der Waals surface area contributed by atoms with Crippen LogP contribution in [-0.2, 0) is 9.84 Å². The smallest absolute Gasteiger partial charge is 0.151 e. The van der Waals surface area contributed by atoms with E-state index in [0.29, 0.717) is 5.56 Å². The van der Waals surface area contributed by atoms with Crippen LogP contribution in [0.4, 0.5) is 4.39 Å². The molecule has 0 saturated heterocycles. The van der Waals surface area contributed by atoms with Crippen molar-refractivity contribution >= 4 is 9.84 Å². The van der Waals surface area contributed by atoms with Crippen LogP contribution in [0.25, 0.3) is 0 Å². The topological polar surface area (TPSA) is 80.4 Å². The van der Waals surface area contributed by atoms with Gasteiger partial charge in [0.1, 0.15) is 5.82 Å². The Labute approximate surface area is 106 Å². The van der Waals surface area contributed by atoms with Gasteiger partial charge in [0.25, 0.3) is 0 Å². The maximum Gasteiger partial charge on any atom is 0.151 e. The van der Waals surface area contributed by atoms with Gasteiger partial charge in [-0.1, -0.05) is 12.1 Å². The quantitative estimate of drug-likeness (QED) is 0.825. The van der Waals surface area contributed by atoms with E-state index < -0.39 is 20.5 Å². The lowest BCUT2D eigenvalue weighted by Gasteiger charge is -2.11. The molecule has 0 heterocycles. The highest BCUT2D eigenvalue weighted by Crippen LogP contribution is 2.61. The number of sulfone groups is 1. The molecular weight excluding hydrogens is 257 g/mol. The lowest BCUT2D eigenvalue weighted by atomic mass is 10.0. The van der Waals surface area contributed by atoms with E-state index in [1.165, 1.54) is 12.1 Å². The Bertz CT molecular complexity index is 537. The average molecular weight is 273 g/mol. The third kappa shape index (κ3) is 1.94. The second kappa shape index (κ2) is 4.29. The summed E-state index contributed by atoms with van der Waals surface area (Å²) in [4.78, 5) is 0. The van der Waals surface area contributed by atoms with Gasteiger partial charge in [-0.2, -0.15) is 0 Å². The van der Waals surface area contributed by atoms with E-state index in [-0.39, 0.29) is 24.9 Å². The minimum Gasteiger partial charge on any atom is -0.396 e. The molecule has 0 spiro atoms. The Kier molecular flexibility index (Phi) is 3.21. The molecule has 1 saturated carbocycles. The zero-order valence-electron chi connectivity index (χ0n) is 10.0. The molecule has 3 N–H and O–H groups in total. The van der Waals surface area contributed by atoms with Gasteiger partial charge in [0.05, 0.1) is 11.9 Å². The fourth-order valence-electron chi connectivity index (χ4n) is 2.80. The predicted octanol–water partition coefficient (Wildman–Crippen LogP) is 0.274. The first kappa shape index (κ1) is 13.5. The molecule has 1 aromatic rings. The summed E-state index contributed by atoms with van der Waals surface area (Å²) < 4.78 is 36.3. The molecule has 0 radical (unpaired) electrons. The molecule has 0 bridgehead atoms. The first-order chi connectivity index (χ1) is 8.36. The van der Waals surface area contributed by atoms with E-state index in [0.717, 1.165) is 6.26 Å². The van der Waals surface area contributed by atoms with Crippen molar-refractivity contribution in [2.24, 2.45) is 11.1 Å². The summed E-state index contributed by atoms with van der Waals surface area (Å²) in [6.07, 6.45) is 1.14. The monoisotopic (exact) mass is 273 g/mol. The molecule has 18 heavy (non-hydrogen) atoms. The summed E-state index contributed by atoms with van der Waals surface area (Å²) in [7, 11) is -3.30. The van der Waals surface area contributed by atoms with Crippen LogP contribution in [0, 0.1) is 11.2 Å². The Morgan fingerprint density at radius 1 is 1.39 bits per heavy atom. The Balaban J connectivity index is 2.41. The van der Waals surface area contributed by atoms with Crippen LogP contribution >= 0.6 is 0 Å². The van der Waals surface area contributed by atoms with Crippen molar-refractivity contribution in [2.45, 2.75) is 11.2 Å². The minimum atomic E-state index is -3.30. The van der Waals surface area contributed by atoms with Gasteiger partial charge in [0, 0.05) is 24.1 Å². The lowest BCUT2D eigenvalue weighted by molar-refractivity contribution is 0.212. The summed E-state index contributed by atoms with van der Waals surface area (Å²) in [5.41, 5.74) is 5.50. The highest BCUT2D eigenvalue weighted by Gasteiger charge is 2.68. The van der Waals surface area contributed by atoms with Crippen molar-refractivity contribution in [3.05, 3.63) is 35.6 Å². The van der Waals surface area contributed by atoms with Gasteiger partial charge in [-0.15, -0.1) is 0 Å². The van der Waals surface area contributed by atoms with E-state index in [2.05, 4.69) is 0 Å². The number of benzene rings is 1. The summed E-state index contributed by atoms with van der Waals surface area (Å²) >= 11 is 0. The van der Waals surface area contributed by atoms with Gasteiger partial charge in [-0.05, 0) is 17.7 Å². The van der Waals surface area contributed by atoms with Gasteiger partial charge in [0.15, 0.2) is 9.84 Å². The maximum atomic E-state index is 12.9. The number of rotatable bonds is 4. The number of halogens is 1. The predicted molar refractivity (Wildman–Crippen MR) is 66.3 cm³/mol. The molecule has 100 valence electrons. The SMILES string of the molecule is CS(=O)(=O)[C@@H]1[C@H](c2ccc(F)cc2)[C@]1(CN)CO. The molecule has 0 aromatic heterocycles. The van der Waals surface area contributed by atoms with Crippen molar-refractivity contribution < 1.29 is 17.9 Å². The molecule has 4 nitrogen and oxygen atoms in total. The normalized spacial score (nSPS) is 31.3. The number of hydrogen-bond acceptors (Lipinski definition) is 4. The van der Waals surface area contributed by atoms with Crippen LogP contribution in [0.3, 0.4) is 0 Å². The van der Waals surface area contributed by atoms with Crippen LogP contribution in [0.5, 0.6) is 0 Å². The fourth-order valence-corrected chi connectivity index (χ4v) is 4.81. The van der Waals surface area contributed by atoms with E-state index in [1.54, 1.807) is 12.1 Å². The number of aliphatic hydroxyl groups is 1. The zero-order chi connectivity index (χ0) is 13.6. The van der Waals surface area contributed by atoms with Crippen molar-refractivity contribution in [1.29, 1.82) is 0 Å². The zero-order valence-corrected chi connectivity index (χ0v) is 10.8. The molecule has 1 aliphatic carbocycles. The summed E-state index contributed by atoms with van der Waals surface area (Å²) in [6.45, 7) is -0.202. The van der Waals surface area contributed by atoms with Gasteiger partial charge < -0.3 is 10.8 Å². The van der Waals surface area contributed by atoms with Crippen LogP contribution in [0.2, 0.25) is 0 Å². The van der Waals surface area contributed by atoms with Gasteiger partial charge in [-0.3, -0.25) is 0 Å². The lowest BCUT2D eigenvalue weighted by Crippen LogP contribution is -2.27. The van der Waals surface area contributed by atoms with Crippen molar-refractivity contribution in [2.75, 3.05) is 19.4 Å². The highest BCUT2D eigenvalue weighted by atomic mass is 32.2. The standard InChI is InChI=1S/C12H16FNO3S/c1-18(16,17)11-10(12(11,6-14)7-15)8-2-4-9(13)5-3-8/h2-5,10-11,15H,6-7,14H2,1H3/t10-,11+,12-/m0/s1. The molecule has 3 atom stereocenters. The summed E-state index contributed by atoms with van der Waals surface area (Å²) in [6, 6.07) is 5.66. The number of hydrogen-bond donors (Lipinski definition) is 2. The third-order valence-electron chi connectivity index (χ3n) is 3.74. The second-order valence-corrected chi connectivity index (χ2v) is 7.04. The van der Waals surface area contributed by atoms with Crippen LogP contribution in [-0.4, -0.2) is 38.2 Å². The first-order valence-corrected chi connectivity index (χ1v) is 7.57. The summed E-state index contributed by atoms with van der Waals surface area (Å²) in [5, 5.41) is 8.77.